The molecule has 0 N–H and O–H groups in total. The third kappa shape index (κ3) is 0.923. The topological polar surface area (TPSA) is 30.2 Å². The molecule has 3 rings (SSSR count). The zero-order chi connectivity index (χ0) is 9.54. The molecule has 0 saturated carbocycles. The van der Waals surface area contributed by atoms with Crippen LogP contribution in [0.4, 0.5) is 0 Å². The lowest BCUT2D eigenvalue weighted by Crippen LogP contribution is -1.87. The third-order valence-electron chi connectivity index (χ3n) is 2.32. The second kappa shape index (κ2) is 2.54. The quantitative estimate of drug-likeness (QED) is 0.534. The summed E-state index contributed by atoms with van der Waals surface area (Å²) in [6, 6.07) is 8.04. The van der Waals surface area contributed by atoms with Gasteiger partial charge in [-0.1, -0.05) is 12.1 Å². The summed E-state index contributed by atoms with van der Waals surface area (Å²) in [5.41, 5.74) is 2.99. The van der Waals surface area contributed by atoms with Crippen LogP contribution in [-0.2, 0) is 0 Å². The Balaban J connectivity index is 2.60. The van der Waals surface area contributed by atoms with Crippen molar-refractivity contribution in [2.75, 3.05) is 0 Å². The Kier molecular flexibility index (Phi) is 1.36. The molecule has 3 nitrogen and oxygen atoms in total. The fraction of sp³-hybridized carbons (Fsp3) is 0.0909. The number of nitrogens with zero attached hydrogens (tertiary/aromatic N) is 3. The van der Waals surface area contributed by atoms with Crippen LogP contribution < -0.4 is 0 Å². The van der Waals surface area contributed by atoms with E-state index in [-0.39, 0.29) is 0 Å². The van der Waals surface area contributed by atoms with Crippen LogP contribution in [0, 0.1) is 6.92 Å². The predicted molar refractivity (Wildman–Crippen MR) is 55.2 cm³/mol. The molecule has 0 amide bonds. The van der Waals surface area contributed by atoms with Crippen LogP contribution in [0.5, 0.6) is 0 Å². The van der Waals surface area contributed by atoms with Gasteiger partial charge in [-0.25, -0.2) is 9.97 Å². The van der Waals surface area contributed by atoms with Gasteiger partial charge in [-0.2, -0.15) is 0 Å². The molecule has 3 aromatic rings. The Bertz CT molecular complexity index is 610. The molecule has 0 fully saturated rings. The van der Waals surface area contributed by atoms with Gasteiger partial charge in [0.15, 0.2) is 0 Å². The molecule has 0 aliphatic heterocycles. The highest BCUT2D eigenvalue weighted by molar-refractivity contribution is 5.90. The summed E-state index contributed by atoms with van der Waals surface area (Å²) in [6.45, 7) is 1.99. The predicted octanol–water partition coefficient (Wildman–Crippen LogP) is 2.19. The Morgan fingerprint density at radius 3 is 3.00 bits per heavy atom. The Labute approximate surface area is 81.0 Å². The molecule has 0 atom stereocenters. The Hall–Kier alpha value is -1.90. The first-order valence-electron chi connectivity index (χ1n) is 4.54. The van der Waals surface area contributed by atoms with Crippen LogP contribution in [0.15, 0.2) is 36.8 Å². The van der Waals surface area contributed by atoms with Gasteiger partial charge in [0.25, 0.3) is 0 Å². The van der Waals surface area contributed by atoms with Crippen molar-refractivity contribution in [2.45, 2.75) is 6.92 Å². The summed E-state index contributed by atoms with van der Waals surface area (Å²) in [5.74, 6) is 0. The lowest BCUT2D eigenvalue weighted by atomic mass is 10.2. The van der Waals surface area contributed by atoms with E-state index in [4.69, 9.17) is 0 Å². The van der Waals surface area contributed by atoms with Crippen molar-refractivity contribution in [3.8, 4) is 0 Å². The maximum absolute atomic E-state index is 4.46. The number of imidazole rings is 1. The molecule has 2 aromatic heterocycles. The smallest absolute Gasteiger partial charge is 0.147 e. The number of aromatic nitrogens is 3. The zero-order valence-corrected chi connectivity index (χ0v) is 7.81. The second-order valence-electron chi connectivity index (χ2n) is 3.37. The number of fused-ring (bicyclic) bond motifs is 3. The van der Waals surface area contributed by atoms with Gasteiger partial charge in [-0.15, -0.1) is 0 Å². The van der Waals surface area contributed by atoms with Crippen molar-refractivity contribution in [2.24, 2.45) is 0 Å². The summed E-state index contributed by atoms with van der Waals surface area (Å²) in [4.78, 5) is 8.81. The fourth-order valence-electron chi connectivity index (χ4n) is 1.70. The lowest BCUT2D eigenvalue weighted by Gasteiger charge is -1.97. The molecule has 0 bridgehead atoms. The van der Waals surface area contributed by atoms with E-state index in [0.29, 0.717) is 0 Å². The van der Waals surface area contributed by atoms with Crippen molar-refractivity contribution in [3.63, 3.8) is 0 Å². The van der Waals surface area contributed by atoms with E-state index in [2.05, 4.69) is 9.97 Å². The van der Waals surface area contributed by atoms with Gasteiger partial charge in [0, 0.05) is 11.6 Å². The first-order chi connectivity index (χ1) is 6.84. The van der Waals surface area contributed by atoms with Gasteiger partial charge in [-0.05, 0) is 19.1 Å². The van der Waals surface area contributed by atoms with Crippen molar-refractivity contribution >= 4 is 16.6 Å². The highest BCUT2D eigenvalue weighted by Crippen LogP contribution is 2.16. The first kappa shape index (κ1) is 7.50. The molecule has 14 heavy (non-hydrogen) atoms. The average Bonchev–Trinajstić information content (AvgIpc) is 2.59. The van der Waals surface area contributed by atoms with Gasteiger partial charge in [-0.3, -0.25) is 4.40 Å². The molecular formula is C11H9N3. The minimum absolute atomic E-state index is 0.980. The van der Waals surface area contributed by atoms with Gasteiger partial charge in [0.2, 0.25) is 0 Å². The second-order valence-corrected chi connectivity index (χ2v) is 3.37. The van der Waals surface area contributed by atoms with E-state index in [1.807, 2.05) is 41.8 Å². The molecule has 1 aromatic carbocycles. The summed E-state index contributed by atoms with van der Waals surface area (Å²) in [7, 11) is 0. The summed E-state index contributed by atoms with van der Waals surface area (Å²) >= 11 is 0. The van der Waals surface area contributed by atoms with Gasteiger partial charge >= 0.3 is 0 Å². The molecule has 0 aliphatic carbocycles. The van der Waals surface area contributed by atoms with Crippen LogP contribution in [-0.4, -0.2) is 14.4 Å². The molecule has 0 radical (unpaired) electrons. The Morgan fingerprint density at radius 1 is 1.21 bits per heavy atom. The fourth-order valence-corrected chi connectivity index (χ4v) is 1.70. The standard InChI is InChI=1S/C11H9N3/c1-8-6-14-7-12-10-5-3-2-4-9(10)11(14)13-8/h2-7H,1H3. The molecule has 2 heterocycles. The minimum atomic E-state index is 0.980. The Morgan fingerprint density at radius 2 is 2.07 bits per heavy atom. The zero-order valence-electron chi connectivity index (χ0n) is 7.81. The van der Waals surface area contributed by atoms with Crippen LogP contribution in [0.1, 0.15) is 5.69 Å². The maximum Gasteiger partial charge on any atom is 0.147 e. The van der Waals surface area contributed by atoms with E-state index in [0.717, 1.165) is 22.2 Å². The summed E-state index contributed by atoms with van der Waals surface area (Å²) in [5, 5.41) is 1.10. The number of aryl methyl sites for hydroxylation is 1. The van der Waals surface area contributed by atoms with Crippen LogP contribution in [0.3, 0.4) is 0 Å². The molecule has 0 saturated heterocycles. The maximum atomic E-state index is 4.46. The summed E-state index contributed by atoms with van der Waals surface area (Å²) < 4.78 is 1.96. The van der Waals surface area contributed by atoms with Gasteiger partial charge in [0.1, 0.15) is 12.0 Å². The lowest BCUT2D eigenvalue weighted by molar-refractivity contribution is 1.12. The molecule has 3 heteroatoms. The van der Waals surface area contributed by atoms with E-state index in [9.17, 15) is 0 Å². The van der Waals surface area contributed by atoms with Crippen LogP contribution in [0.2, 0.25) is 0 Å². The van der Waals surface area contributed by atoms with E-state index in [1.165, 1.54) is 0 Å². The van der Waals surface area contributed by atoms with Crippen LogP contribution >= 0.6 is 0 Å². The molecular weight excluding hydrogens is 174 g/mol. The van der Waals surface area contributed by atoms with E-state index in [1.54, 1.807) is 6.33 Å². The van der Waals surface area contributed by atoms with E-state index >= 15 is 0 Å². The minimum Gasteiger partial charge on any atom is -0.290 e. The normalized spacial score (nSPS) is 11.2. The number of benzene rings is 1. The van der Waals surface area contributed by atoms with Crippen molar-refractivity contribution in [1.82, 2.24) is 14.4 Å². The SMILES string of the molecule is Cc1cn2cnc3ccccc3c2n1. The number of rotatable bonds is 0. The highest BCUT2D eigenvalue weighted by atomic mass is 15.0. The number of hydrogen-bond acceptors (Lipinski definition) is 2. The molecule has 0 aliphatic rings. The van der Waals surface area contributed by atoms with Gasteiger partial charge < -0.3 is 0 Å². The van der Waals surface area contributed by atoms with Crippen molar-refractivity contribution in [3.05, 3.63) is 42.5 Å². The third-order valence-corrected chi connectivity index (χ3v) is 2.32. The monoisotopic (exact) mass is 183 g/mol. The molecule has 68 valence electrons. The van der Waals surface area contributed by atoms with Crippen molar-refractivity contribution in [1.29, 1.82) is 0 Å². The molecule has 0 unspecified atom stereocenters. The van der Waals surface area contributed by atoms with E-state index < -0.39 is 0 Å². The summed E-state index contributed by atoms with van der Waals surface area (Å²) in [6.07, 6.45) is 3.78. The largest absolute Gasteiger partial charge is 0.290 e. The van der Waals surface area contributed by atoms with Crippen molar-refractivity contribution < 1.29 is 0 Å². The number of para-hydroxylation sites is 1. The van der Waals surface area contributed by atoms with Crippen LogP contribution in [0.25, 0.3) is 16.6 Å². The number of hydrogen-bond donors (Lipinski definition) is 0. The molecule has 0 spiro atoms. The van der Waals surface area contributed by atoms with Gasteiger partial charge in [0.05, 0.1) is 11.2 Å². The highest BCUT2D eigenvalue weighted by Gasteiger charge is 2.02. The first-order valence-corrected chi connectivity index (χ1v) is 4.54. The average molecular weight is 183 g/mol.